The lowest BCUT2D eigenvalue weighted by atomic mass is 10.00. The summed E-state index contributed by atoms with van der Waals surface area (Å²) >= 11 is 4.31. The molecule has 0 heterocycles. The largest absolute Gasteiger partial charge is 0.466 e. The summed E-state index contributed by atoms with van der Waals surface area (Å²) in [5.41, 5.74) is 0.619. The molecule has 2 unspecified atom stereocenters. The molecule has 1 rings (SSSR count). The molecule has 0 aliphatic carbocycles. The van der Waals surface area contributed by atoms with E-state index in [4.69, 9.17) is 9.47 Å². The van der Waals surface area contributed by atoms with Crippen LogP contribution in [0.1, 0.15) is 83.9 Å². The number of ether oxygens (including phenoxy) is 2. The van der Waals surface area contributed by atoms with Crippen molar-refractivity contribution >= 4 is 42.6 Å². The first-order valence-electron chi connectivity index (χ1n) is 13.5. The molecule has 39 heavy (non-hydrogen) atoms. The molecule has 0 saturated heterocycles. The molecule has 2 atom stereocenters. The van der Waals surface area contributed by atoms with E-state index < -0.39 is 41.6 Å². The number of esters is 1. The first kappa shape index (κ1) is 34.0. The molecule has 0 aliphatic rings. The number of unbranched alkanes of at least 4 members (excludes halogenated alkanes) is 3. The average Bonchev–Trinajstić information content (AvgIpc) is 2.87. The lowest BCUT2D eigenvalue weighted by Crippen LogP contribution is -2.54. The summed E-state index contributed by atoms with van der Waals surface area (Å²) < 4.78 is 10.3. The van der Waals surface area contributed by atoms with Gasteiger partial charge in [0.05, 0.1) is 13.0 Å². The van der Waals surface area contributed by atoms with Gasteiger partial charge in [0.1, 0.15) is 17.7 Å². The van der Waals surface area contributed by atoms with Crippen molar-refractivity contribution in [2.45, 2.75) is 84.4 Å². The highest BCUT2D eigenvalue weighted by Crippen LogP contribution is 2.25. The van der Waals surface area contributed by atoms with Crippen LogP contribution in [-0.4, -0.2) is 65.9 Å². The fourth-order valence-corrected chi connectivity index (χ4v) is 4.10. The van der Waals surface area contributed by atoms with Gasteiger partial charge in [0.2, 0.25) is 11.8 Å². The highest BCUT2D eigenvalue weighted by Gasteiger charge is 2.35. The Morgan fingerprint density at radius 1 is 1.13 bits per heavy atom. The highest BCUT2D eigenvalue weighted by atomic mass is 32.1. The predicted molar refractivity (Wildman–Crippen MR) is 156 cm³/mol. The Balaban J connectivity index is 3.38. The fraction of sp³-hybridized carbons (Fsp3) is 0.586. The third-order valence-corrected chi connectivity index (χ3v) is 6.03. The van der Waals surface area contributed by atoms with Crippen molar-refractivity contribution in [2.24, 2.45) is 0 Å². The van der Waals surface area contributed by atoms with E-state index >= 15 is 0 Å². The number of hydrogen-bond acceptors (Lipinski definition) is 7. The zero-order valence-electron chi connectivity index (χ0n) is 24.0. The lowest BCUT2D eigenvalue weighted by Gasteiger charge is -2.34. The average molecular weight is 564 g/mol. The molecule has 0 radical (unpaired) electrons. The second-order valence-corrected chi connectivity index (χ2v) is 10.5. The smallest absolute Gasteiger partial charge is 0.408 e. The minimum absolute atomic E-state index is 0.00289. The lowest BCUT2D eigenvalue weighted by molar-refractivity contribution is -0.144. The number of amides is 3. The Kier molecular flexibility index (Phi) is 15.3. The van der Waals surface area contributed by atoms with Crippen molar-refractivity contribution in [3.8, 4) is 0 Å². The van der Waals surface area contributed by atoms with Gasteiger partial charge in [-0.25, -0.2) is 4.79 Å². The van der Waals surface area contributed by atoms with E-state index in [0.717, 1.165) is 24.8 Å². The zero-order valence-corrected chi connectivity index (χ0v) is 24.9. The summed E-state index contributed by atoms with van der Waals surface area (Å²) in [4.78, 5) is 53.3. The molecule has 0 fully saturated rings. The summed E-state index contributed by atoms with van der Waals surface area (Å²) in [5, 5.41) is 5.39. The van der Waals surface area contributed by atoms with E-state index in [1.54, 1.807) is 52.0 Å². The number of alkyl carbamates (subject to hydrolysis) is 1. The summed E-state index contributed by atoms with van der Waals surface area (Å²) in [5.74, 6) is -1.32. The van der Waals surface area contributed by atoms with Crippen molar-refractivity contribution in [3.05, 3.63) is 42.0 Å². The van der Waals surface area contributed by atoms with Gasteiger partial charge < -0.3 is 25.0 Å². The Morgan fingerprint density at radius 2 is 1.85 bits per heavy atom. The minimum atomic E-state index is -1.02. The van der Waals surface area contributed by atoms with Crippen LogP contribution in [0.3, 0.4) is 0 Å². The second-order valence-electron chi connectivity index (χ2n) is 10.1. The van der Waals surface area contributed by atoms with Gasteiger partial charge in [0, 0.05) is 18.8 Å². The molecule has 218 valence electrons. The number of carbonyl (C=O) groups is 4. The maximum absolute atomic E-state index is 13.9. The van der Waals surface area contributed by atoms with Crippen LogP contribution in [0.15, 0.2) is 30.8 Å². The van der Waals surface area contributed by atoms with Crippen molar-refractivity contribution in [1.82, 2.24) is 15.5 Å². The topological polar surface area (TPSA) is 114 Å². The molecule has 0 aliphatic heterocycles. The van der Waals surface area contributed by atoms with Crippen LogP contribution < -0.4 is 10.6 Å². The molecular weight excluding hydrogens is 518 g/mol. The van der Waals surface area contributed by atoms with Crippen LogP contribution in [0.2, 0.25) is 0 Å². The van der Waals surface area contributed by atoms with Crippen LogP contribution in [0.4, 0.5) is 4.79 Å². The van der Waals surface area contributed by atoms with Gasteiger partial charge in [0.15, 0.2) is 0 Å². The summed E-state index contributed by atoms with van der Waals surface area (Å²) in [6.45, 7) is 13.4. The molecular formula is C29H45N3O6S. The first-order valence-corrected chi connectivity index (χ1v) is 14.2. The number of nitrogens with zero attached hydrogens (tertiary/aromatic N) is 1. The number of carbonyl (C=O) groups excluding carboxylic acids is 4. The molecule has 9 nitrogen and oxygen atoms in total. The fourth-order valence-electron chi connectivity index (χ4n) is 3.86. The number of hydrogen-bond donors (Lipinski definition) is 3. The predicted octanol–water partition coefficient (Wildman–Crippen LogP) is 4.67. The van der Waals surface area contributed by atoms with Crippen LogP contribution in [-0.2, 0) is 23.9 Å². The van der Waals surface area contributed by atoms with Crippen LogP contribution in [0.25, 0.3) is 6.08 Å². The monoisotopic (exact) mass is 563 g/mol. The Labute approximate surface area is 238 Å². The Bertz CT molecular complexity index is 963. The maximum Gasteiger partial charge on any atom is 0.408 e. The molecule has 0 saturated carbocycles. The summed E-state index contributed by atoms with van der Waals surface area (Å²) in [7, 11) is 0. The Hall–Kier alpha value is -3.01. The van der Waals surface area contributed by atoms with Gasteiger partial charge in [-0.05, 0) is 51.3 Å². The van der Waals surface area contributed by atoms with E-state index in [2.05, 4.69) is 36.8 Å². The maximum atomic E-state index is 13.9. The van der Waals surface area contributed by atoms with Crippen molar-refractivity contribution in [2.75, 3.05) is 25.4 Å². The van der Waals surface area contributed by atoms with Gasteiger partial charge in [0.25, 0.3) is 0 Å². The quantitative estimate of drug-likeness (QED) is 0.153. The molecule has 0 spiro atoms. The zero-order chi connectivity index (χ0) is 29.4. The molecule has 10 heteroatoms. The SMILES string of the molecule is C=Cc1cccc(C(C(=O)NCCC(=O)OCC)N(CCCCCC)C(=O)C(CS)NC(=O)OC(C)(C)C)c1. The second kappa shape index (κ2) is 17.6. The number of benzene rings is 1. The standard InChI is InChI=1S/C29H45N3O6S/c1-7-10-11-12-18-32(27(35)23(20-39)31-28(36)38-29(4,5)6)25(22-15-13-14-21(8-2)19-22)26(34)30-17-16-24(33)37-9-3/h8,13-15,19,23,25,39H,2,7,9-12,16-18,20H2,1,3-6H3,(H,30,34)(H,31,36). The van der Waals surface area contributed by atoms with E-state index in [1.165, 1.54) is 4.90 Å². The Morgan fingerprint density at radius 3 is 2.44 bits per heavy atom. The molecule has 0 aromatic heterocycles. The molecule has 1 aromatic carbocycles. The molecule has 0 bridgehead atoms. The third-order valence-electron chi connectivity index (χ3n) is 5.66. The summed E-state index contributed by atoms with van der Waals surface area (Å²) in [6, 6.07) is 5.17. The first-order chi connectivity index (χ1) is 18.5. The normalized spacial score (nSPS) is 12.6. The minimum Gasteiger partial charge on any atom is -0.466 e. The van der Waals surface area contributed by atoms with Gasteiger partial charge in [-0.1, -0.05) is 57.0 Å². The highest BCUT2D eigenvalue weighted by molar-refractivity contribution is 7.80. The third kappa shape index (κ3) is 12.6. The van der Waals surface area contributed by atoms with Crippen molar-refractivity contribution in [1.29, 1.82) is 0 Å². The number of thiol groups is 1. The van der Waals surface area contributed by atoms with Crippen molar-refractivity contribution < 1.29 is 28.7 Å². The van der Waals surface area contributed by atoms with E-state index in [1.807, 2.05) is 6.07 Å². The van der Waals surface area contributed by atoms with Crippen LogP contribution in [0.5, 0.6) is 0 Å². The van der Waals surface area contributed by atoms with Crippen LogP contribution >= 0.6 is 12.6 Å². The molecule has 1 aromatic rings. The van der Waals surface area contributed by atoms with Crippen molar-refractivity contribution in [3.63, 3.8) is 0 Å². The van der Waals surface area contributed by atoms with Gasteiger partial charge in [-0.2, -0.15) is 12.6 Å². The van der Waals surface area contributed by atoms with Gasteiger partial charge in [-0.3, -0.25) is 14.4 Å². The van der Waals surface area contributed by atoms with Crippen LogP contribution in [0, 0.1) is 0 Å². The van der Waals surface area contributed by atoms with E-state index in [0.29, 0.717) is 12.0 Å². The number of nitrogens with one attached hydrogen (secondary N) is 2. The van der Waals surface area contributed by atoms with Gasteiger partial charge >= 0.3 is 12.1 Å². The summed E-state index contributed by atoms with van der Waals surface area (Å²) in [6.07, 6.45) is 4.44. The number of rotatable bonds is 16. The molecule has 2 N–H and O–H groups in total. The van der Waals surface area contributed by atoms with E-state index in [-0.39, 0.29) is 31.9 Å². The molecule has 3 amide bonds. The van der Waals surface area contributed by atoms with E-state index in [9.17, 15) is 19.2 Å². The van der Waals surface area contributed by atoms with Gasteiger partial charge in [-0.15, -0.1) is 0 Å².